The smallest absolute Gasteiger partial charge is 0.341 e. The van der Waals surface area contributed by atoms with Crippen LogP contribution in [-0.2, 0) is 27.2 Å². The van der Waals surface area contributed by atoms with Crippen LogP contribution in [0.3, 0.4) is 0 Å². The van der Waals surface area contributed by atoms with Crippen LogP contribution in [-0.4, -0.2) is 34.8 Å². The molecule has 1 aliphatic heterocycles. The zero-order chi connectivity index (χ0) is 27.4. The summed E-state index contributed by atoms with van der Waals surface area (Å²) in [6, 6.07) is 19.3. The van der Waals surface area contributed by atoms with Crippen molar-refractivity contribution in [3.05, 3.63) is 82.2 Å². The highest BCUT2D eigenvalue weighted by Crippen LogP contribution is 2.46. The lowest BCUT2D eigenvalue weighted by Gasteiger charge is -2.23. The zero-order valence-corrected chi connectivity index (χ0v) is 22.9. The number of benzene rings is 2. The first-order valence-electron chi connectivity index (χ1n) is 12.7. The Kier molecular flexibility index (Phi) is 8.10. The molecule has 2 aromatic carbocycles. The minimum Gasteiger partial charge on any atom is -0.462 e. The molecule has 0 bridgehead atoms. The monoisotopic (exact) mass is 558 g/mol. The first-order chi connectivity index (χ1) is 19.0. The van der Waals surface area contributed by atoms with E-state index in [1.165, 1.54) is 16.9 Å². The average Bonchev–Trinajstić information content (AvgIpc) is 3.45. The predicted molar refractivity (Wildman–Crippen MR) is 152 cm³/mol. The van der Waals surface area contributed by atoms with E-state index in [0.29, 0.717) is 28.6 Å². The number of nitriles is 1. The number of para-hydroxylation sites is 1. The van der Waals surface area contributed by atoms with Crippen LogP contribution >= 0.6 is 23.1 Å². The molecular formula is C29H26N4O4S2. The highest BCUT2D eigenvalue weighted by atomic mass is 32.2. The largest absolute Gasteiger partial charge is 0.462 e. The van der Waals surface area contributed by atoms with Crippen molar-refractivity contribution in [2.24, 2.45) is 4.99 Å². The fraction of sp³-hybridized carbons (Fsp3) is 0.276. The molecule has 2 atom stereocenters. The number of thioether (sulfide) groups is 1. The number of carbonyl (C=O) groups excluding carboxylic acids is 3. The molecule has 2 aliphatic rings. The van der Waals surface area contributed by atoms with Crippen LogP contribution in [0.2, 0.25) is 0 Å². The molecule has 1 aliphatic carbocycles. The number of nitrogens with one attached hydrogen (secondary N) is 1. The Morgan fingerprint density at radius 3 is 2.56 bits per heavy atom. The number of thiophene rings is 1. The van der Waals surface area contributed by atoms with Gasteiger partial charge in [-0.1, -0.05) is 60.3 Å². The second-order valence-electron chi connectivity index (χ2n) is 9.12. The van der Waals surface area contributed by atoms with Gasteiger partial charge in [-0.3, -0.25) is 14.9 Å². The number of nitrogens with zero attached hydrogens (tertiary/aromatic N) is 3. The SMILES string of the molecule is CCOC(=O)c1c(N2C(=O)C[C@H](SC(=Nc3ccccc3)NC#N)C2=O)sc2c1CC[C@H](c1ccccc1)C2. The lowest BCUT2D eigenvalue weighted by molar-refractivity contribution is -0.121. The van der Waals surface area contributed by atoms with Crippen LogP contribution in [0.4, 0.5) is 10.7 Å². The number of aliphatic imine (C=N–C) groups is 1. The van der Waals surface area contributed by atoms with Gasteiger partial charge < -0.3 is 4.74 Å². The van der Waals surface area contributed by atoms with Crippen molar-refractivity contribution in [2.45, 2.75) is 43.8 Å². The lowest BCUT2D eigenvalue weighted by Crippen LogP contribution is -2.32. The first-order valence-corrected chi connectivity index (χ1v) is 14.4. The summed E-state index contributed by atoms with van der Waals surface area (Å²) in [5, 5.41) is 11.5. The number of ether oxygens (including phenoxy) is 1. The molecule has 2 heterocycles. The average molecular weight is 559 g/mol. The van der Waals surface area contributed by atoms with Crippen molar-refractivity contribution >= 4 is 56.7 Å². The predicted octanol–water partition coefficient (Wildman–Crippen LogP) is 5.32. The minimum absolute atomic E-state index is 0.0676. The van der Waals surface area contributed by atoms with Crippen molar-refractivity contribution in [1.29, 1.82) is 5.26 Å². The molecule has 5 rings (SSSR count). The Morgan fingerprint density at radius 1 is 1.15 bits per heavy atom. The zero-order valence-electron chi connectivity index (χ0n) is 21.3. The number of amidine groups is 1. The molecule has 10 heteroatoms. The van der Waals surface area contributed by atoms with Gasteiger partial charge in [-0.2, -0.15) is 5.26 Å². The molecule has 0 spiro atoms. The fourth-order valence-corrected chi connectivity index (χ4v) is 7.35. The number of esters is 1. The van der Waals surface area contributed by atoms with Gasteiger partial charge in [-0.05, 0) is 55.4 Å². The molecule has 3 aromatic rings. The summed E-state index contributed by atoms with van der Waals surface area (Å²) in [6.07, 6.45) is 4.03. The highest BCUT2D eigenvalue weighted by Gasteiger charge is 2.44. The van der Waals surface area contributed by atoms with E-state index in [9.17, 15) is 19.6 Å². The Morgan fingerprint density at radius 2 is 1.87 bits per heavy atom. The van der Waals surface area contributed by atoms with Gasteiger partial charge in [0.1, 0.15) is 10.3 Å². The summed E-state index contributed by atoms with van der Waals surface area (Å²) in [4.78, 5) is 46.6. The molecule has 1 saturated heterocycles. The molecule has 198 valence electrons. The third kappa shape index (κ3) is 5.60. The van der Waals surface area contributed by atoms with Crippen LogP contribution in [0.5, 0.6) is 0 Å². The van der Waals surface area contributed by atoms with Crippen LogP contribution in [0.1, 0.15) is 52.0 Å². The third-order valence-corrected chi connectivity index (χ3v) is 9.02. The quantitative estimate of drug-likeness (QED) is 0.109. The number of rotatable bonds is 6. The fourth-order valence-electron chi connectivity index (χ4n) is 4.95. The molecule has 0 unspecified atom stereocenters. The van der Waals surface area contributed by atoms with Gasteiger partial charge in [0.05, 0.1) is 17.9 Å². The summed E-state index contributed by atoms with van der Waals surface area (Å²) in [6.45, 7) is 1.92. The molecule has 2 amide bonds. The van der Waals surface area contributed by atoms with Crippen molar-refractivity contribution in [3.63, 3.8) is 0 Å². The maximum absolute atomic E-state index is 13.6. The second-order valence-corrected chi connectivity index (χ2v) is 11.4. The third-order valence-electron chi connectivity index (χ3n) is 6.71. The molecule has 0 saturated carbocycles. The maximum Gasteiger partial charge on any atom is 0.341 e. The van der Waals surface area contributed by atoms with Gasteiger partial charge >= 0.3 is 5.97 Å². The lowest BCUT2D eigenvalue weighted by atomic mass is 9.83. The minimum atomic E-state index is -0.785. The van der Waals surface area contributed by atoms with E-state index < -0.39 is 23.0 Å². The Bertz CT molecular complexity index is 1460. The normalized spacial score (nSPS) is 19.0. The van der Waals surface area contributed by atoms with Crippen molar-refractivity contribution in [2.75, 3.05) is 11.5 Å². The van der Waals surface area contributed by atoms with E-state index in [1.54, 1.807) is 19.1 Å². The van der Waals surface area contributed by atoms with Crippen LogP contribution in [0.25, 0.3) is 0 Å². The number of hydrogen-bond acceptors (Lipinski definition) is 8. The van der Waals surface area contributed by atoms with Gasteiger partial charge in [0.2, 0.25) is 11.8 Å². The molecule has 39 heavy (non-hydrogen) atoms. The number of anilines is 1. The van der Waals surface area contributed by atoms with E-state index in [0.717, 1.165) is 39.9 Å². The van der Waals surface area contributed by atoms with Crippen molar-refractivity contribution in [1.82, 2.24) is 5.32 Å². The molecule has 8 nitrogen and oxygen atoms in total. The van der Waals surface area contributed by atoms with Crippen LogP contribution < -0.4 is 10.2 Å². The molecular weight excluding hydrogens is 532 g/mol. The topological polar surface area (TPSA) is 112 Å². The summed E-state index contributed by atoms with van der Waals surface area (Å²) >= 11 is 2.36. The number of fused-ring (bicyclic) bond motifs is 1. The maximum atomic E-state index is 13.6. The first kappa shape index (κ1) is 26.7. The van der Waals surface area contributed by atoms with Gasteiger partial charge in [0.25, 0.3) is 0 Å². The molecule has 1 aromatic heterocycles. The number of hydrogen-bond donors (Lipinski definition) is 1. The van der Waals surface area contributed by atoms with Crippen molar-refractivity contribution < 1.29 is 19.1 Å². The van der Waals surface area contributed by atoms with E-state index >= 15 is 0 Å². The van der Waals surface area contributed by atoms with Crippen LogP contribution in [0.15, 0.2) is 65.7 Å². The Balaban J connectivity index is 1.45. The standard InChI is InChI=1S/C29H26N4O4S2/c1-2-37-28(36)25-21-14-13-19(18-9-5-3-6-10-18)15-22(21)38-27(25)33-24(34)16-23(26(33)35)39-29(31-17-30)32-20-11-7-4-8-12-20/h3-12,19,23H,2,13-16H2,1H3,(H,31,32)/t19-,23-/m0/s1. The summed E-state index contributed by atoms with van der Waals surface area (Å²) in [7, 11) is 0. The van der Waals surface area contributed by atoms with Crippen LogP contribution in [0, 0.1) is 11.5 Å². The second kappa shape index (κ2) is 11.8. The van der Waals surface area contributed by atoms with E-state index in [1.807, 2.05) is 42.6 Å². The highest BCUT2D eigenvalue weighted by molar-refractivity contribution is 8.15. The number of amides is 2. The Hall–Kier alpha value is -3.94. The molecule has 1 fully saturated rings. The van der Waals surface area contributed by atoms with Gasteiger partial charge in [0.15, 0.2) is 11.4 Å². The van der Waals surface area contributed by atoms with Crippen molar-refractivity contribution in [3.8, 4) is 6.19 Å². The van der Waals surface area contributed by atoms with E-state index in [4.69, 9.17) is 4.74 Å². The summed E-state index contributed by atoms with van der Waals surface area (Å²) in [5.41, 5.74) is 3.04. The Labute approximate surface area is 234 Å². The number of carbonyl (C=O) groups is 3. The van der Waals surface area contributed by atoms with E-state index in [2.05, 4.69) is 22.4 Å². The van der Waals surface area contributed by atoms with Gasteiger partial charge in [0, 0.05) is 11.3 Å². The van der Waals surface area contributed by atoms with E-state index in [-0.39, 0.29) is 18.2 Å². The molecule has 0 radical (unpaired) electrons. The summed E-state index contributed by atoms with van der Waals surface area (Å²) in [5.74, 6) is -1.05. The summed E-state index contributed by atoms with van der Waals surface area (Å²) < 4.78 is 5.37. The number of imide groups is 1. The molecule has 1 N–H and O–H groups in total. The van der Waals surface area contributed by atoms with Gasteiger partial charge in [-0.15, -0.1) is 11.3 Å². The van der Waals surface area contributed by atoms with Gasteiger partial charge in [-0.25, -0.2) is 14.7 Å².